The van der Waals surface area contributed by atoms with E-state index in [0.29, 0.717) is 12.1 Å². The maximum Gasteiger partial charge on any atom is 0.416 e. The van der Waals surface area contributed by atoms with Crippen molar-refractivity contribution in [3.63, 3.8) is 0 Å². The van der Waals surface area contributed by atoms with Gasteiger partial charge >= 0.3 is 6.18 Å². The van der Waals surface area contributed by atoms with Crippen molar-refractivity contribution in [2.45, 2.75) is 31.0 Å². The Morgan fingerprint density at radius 2 is 1.91 bits per heavy atom. The predicted molar refractivity (Wildman–Crippen MR) is 74.9 cm³/mol. The van der Waals surface area contributed by atoms with Gasteiger partial charge in [-0.05, 0) is 32.0 Å². The zero-order chi connectivity index (χ0) is 17.1. The fourth-order valence-corrected chi connectivity index (χ4v) is 3.00. The van der Waals surface area contributed by atoms with Crippen LogP contribution < -0.4 is 10.0 Å². The first-order valence-corrected chi connectivity index (χ1v) is 7.95. The summed E-state index contributed by atoms with van der Waals surface area (Å²) in [6.45, 7) is 2.75. The maximum atomic E-state index is 12.6. The summed E-state index contributed by atoms with van der Waals surface area (Å²) >= 11 is 5.64. The lowest BCUT2D eigenvalue weighted by Gasteiger charge is -2.12. The molecule has 0 saturated heterocycles. The van der Waals surface area contributed by atoms with Crippen LogP contribution >= 0.6 is 11.6 Å². The van der Waals surface area contributed by atoms with Gasteiger partial charge in [0.15, 0.2) is 0 Å². The van der Waals surface area contributed by atoms with E-state index in [2.05, 4.69) is 5.32 Å². The Morgan fingerprint density at radius 1 is 1.32 bits per heavy atom. The van der Waals surface area contributed by atoms with Crippen LogP contribution in [0.4, 0.5) is 13.2 Å². The smallest absolute Gasteiger partial charge is 0.353 e. The Morgan fingerprint density at radius 3 is 2.41 bits per heavy atom. The Hall–Kier alpha value is -1.32. The molecule has 1 aromatic rings. The van der Waals surface area contributed by atoms with Crippen LogP contribution in [-0.2, 0) is 21.0 Å². The molecule has 0 saturated carbocycles. The van der Waals surface area contributed by atoms with Gasteiger partial charge in [0.1, 0.15) is 4.90 Å². The highest BCUT2D eigenvalue weighted by Gasteiger charge is 2.32. The highest BCUT2D eigenvalue weighted by molar-refractivity contribution is 7.89. The summed E-state index contributed by atoms with van der Waals surface area (Å²) in [5.74, 6) is -0.610. The van der Waals surface area contributed by atoms with Crippen molar-refractivity contribution in [3.8, 4) is 0 Å². The first-order valence-electron chi connectivity index (χ1n) is 6.09. The summed E-state index contributed by atoms with van der Waals surface area (Å²) in [7, 11) is -4.35. The third-order valence-corrected chi connectivity index (χ3v) is 4.30. The first-order chi connectivity index (χ1) is 9.93. The van der Waals surface area contributed by atoms with E-state index in [0.717, 1.165) is 6.07 Å². The molecule has 1 rings (SSSR count). The average Bonchev–Trinajstić information content (AvgIpc) is 2.34. The van der Waals surface area contributed by atoms with Crippen LogP contribution in [0.15, 0.2) is 23.1 Å². The summed E-state index contributed by atoms with van der Waals surface area (Å²) in [5, 5.41) is 2.07. The van der Waals surface area contributed by atoms with E-state index in [1.54, 1.807) is 13.8 Å². The van der Waals surface area contributed by atoms with Crippen molar-refractivity contribution >= 4 is 27.5 Å². The molecule has 0 spiro atoms. The Balaban J connectivity index is 3.00. The van der Waals surface area contributed by atoms with E-state index < -0.39 is 39.1 Å². The summed E-state index contributed by atoms with van der Waals surface area (Å²) in [6.07, 6.45) is -4.70. The van der Waals surface area contributed by atoms with Gasteiger partial charge in [-0.2, -0.15) is 13.2 Å². The highest BCUT2D eigenvalue weighted by atomic mass is 35.5. The molecule has 0 unspecified atom stereocenters. The van der Waals surface area contributed by atoms with Crippen molar-refractivity contribution < 1.29 is 26.4 Å². The lowest BCUT2D eigenvalue weighted by atomic mass is 10.2. The average molecular weight is 359 g/mol. The molecule has 0 atom stereocenters. The molecule has 0 fully saturated rings. The Bertz CT molecular complexity index is 660. The topological polar surface area (TPSA) is 75.3 Å². The lowest BCUT2D eigenvalue weighted by Crippen LogP contribution is -2.39. The van der Waals surface area contributed by atoms with Crippen LogP contribution in [0.2, 0.25) is 5.02 Å². The van der Waals surface area contributed by atoms with Gasteiger partial charge < -0.3 is 5.32 Å². The molecule has 0 aliphatic heterocycles. The van der Waals surface area contributed by atoms with E-state index >= 15 is 0 Å². The van der Waals surface area contributed by atoms with Gasteiger partial charge in [0.05, 0.1) is 17.1 Å². The van der Waals surface area contributed by atoms with Gasteiger partial charge in [-0.25, -0.2) is 13.1 Å². The fraction of sp³-hybridized carbons (Fsp3) is 0.417. The maximum absolute atomic E-state index is 12.6. The Kier molecular flexibility index (Phi) is 5.82. The van der Waals surface area contributed by atoms with Gasteiger partial charge in [-0.15, -0.1) is 0 Å². The minimum atomic E-state index is -4.70. The van der Waals surface area contributed by atoms with Gasteiger partial charge in [-0.1, -0.05) is 11.6 Å². The fourth-order valence-electron chi connectivity index (χ4n) is 1.50. The first kappa shape index (κ1) is 18.7. The van der Waals surface area contributed by atoms with Crippen molar-refractivity contribution in [2.24, 2.45) is 0 Å². The number of rotatable bonds is 5. The number of hydrogen-bond acceptors (Lipinski definition) is 3. The highest BCUT2D eigenvalue weighted by Crippen LogP contribution is 2.33. The second-order valence-corrected chi connectivity index (χ2v) is 6.83. The molecule has 124 valence electrons. The molecule has 1 aromatic carbocycles. The van der Waals surface area contributed by atoms with E-state index in [-0.39, 0.29) is 11.1 Å². The van der Waals surface area contributed by atoms with E-state index in [1.807, 2.05) is 4.72 Å². The number of sulfonamides is 1. The molecule has 0 heterocycles. The molecule has 10 heteroatoms. The number of halogens is 4. The zero-order valence-corrected chi connectivity index (χ0v) is 13.2. The third-order valence-electron chi connectivity index (χ3n) is 2.42. The number of alkyl halides is 3. The van der Waals surface area contributed by atoms with Crippen LogP contribution in [0.25, 0.3) is 0 Å². The molecular weight excluding hydrogens is 345 g/mol. The van der Waals surface area contributed by atoms with Crippen LogP contribution in [-0.4, -0.2) is 26.9 Å². The molecule has 0 aromatic heterocycles. The lowest BCUT2D eigenvalue weighted by molar-refractivity contribution is -0.137. The zero-order valence-electron chi connectivity index (χ0n) is 11.7. The third kappa shape index (κ3) is 5.15. The van der Waals surface area contributed by atoms with Gasteiger partial charge in [0.2, 0.25) is 15.9 Å². The van der Waals surface area contributed by atoms with Crippen molar-refractivity contribution in [1.29, 1.82) is 0 Å². The van der Waals surface area contributed by atoms with Gasteiger partial charge in [0.25, 0.3) is 0 Å². The van der Waals surface area contributed by atoms with Gasteiger partial charge in [-0.3, -0.25) is 4.79 Å². The largest absolute Gasteiger partial charge is 0.416 e. The van der Waals surface area contributed by atoms with Crippen LogP contribution in [0.1, 0.15) is 19.4 Å². The monoisotopic (exact) mass is 358 g/mol. The van der Waals surface area contributed by atoms with Crippen LogP contribution in [0.3, 0.4) is 0 Å². The quantitative estimate of drug-likeness (QED) is 0.847. The predicted octanol–water partition coefficient (Wildman–Crippen LogP) is 2.16. The molecule has 2 N–H and O–H groups in total. The number of amides is 1. The second-order valence-electron chi connectivity index (χ2n) is 4.69. The van der Waals surface area contributed by atoms with Gasteiger partial charge in [0, 0.05) is 6.04 Å². The van der Waals surface area contributed by atoms with Crippen molar-refractivity contribution in [3.05, 3.63) is 28.8 Å². The van der Waals surface area contributed by atoms with E-state index in [1.165, 1.54) is 0 Å². The molecule has 0 bridgehead atoms. The standard InChI is InChI=1S/C12H14ClF3N2O3S/c1-7(2)18-11(19)6-17-22(20,21)10-5-8(12(14,15)16)3-4-9(10)13/h3-5,7,17H,6H2,1-2H3,(H,18,19). The number of carbonyl (C=O) groups is 1. The molecule has 0 aliphatic carbocycles. The number of carbonyl (C=O) groups excluding carboxylic acids is 1. The van der Waals surface area contributed by atoms with Crippen LogP contribution in [0.5, 0.6) is 0 Å². The summed E-state index contributed by atoms with van der Waals surface area (Å²) in [5.41, 5.74) is -1.15. The van der Waals surface area contributed by atoms with Crippen molar-refractivity contribution in [2.75, 3.05) is 6.54 Å². The summed E-state index contributed by atoms with van der Waals surface area (Å²) in [4.78, 5) is 10.7. The SMILES string of the molecule is CC(C)NC(=O)CNS(=O)(=O)c1cc(C(F)(F)F)ccc1Cl. The summed E-state index contributed by atoms with van der Waals surface area (Å²) < 4.78 is 63.7. The molecule has 1 amide bonds. The van der Waals surface area contributed by atoms with E-state index in [9.17, 15) is 26.4 Å². The molecule has 0 radical (unpaired) electrons. The number of nitrogens with one attached hydrogen (secondary N) is 2. The second kappa shape index (κ2) is 6.84. The molecular formula is C12H14ClF3N2O3S. The van der Waals surface area contributed by atoms with E-state index in [4.69, 9.17) is 11.6 Å². The number of benzene rings is 1. The molecule has 22 heavy (non-hydrogen) atoms. The van der Waals surface area contributed by atoms with Crippen molar-refractivity contribution in [1.82, 2.24) is 10.0 Å². The Labute approximate surface area is 130 Å². The molecule has 5 nitrogen and oxygen atoms in total. The summed E-state index contributed by atoms with van der Waals surface area (Å²) in [6, 6.07) is 1.74. The molecule has 0 aliphatic rings. The normalized spacial score (nSPS) is 12.5. The minimum Gasteiger partial charge on any atom is -0.353 e. The van der Waals surface area contributed by atoms with Crippen LogP contribution in [0, 0.1) is 0 Å². The number of hydrogen-bond donors (Lipinski definition) is 2. The minimum absolute atomic E-state index is 0.200.